The quantitative estimate of drug-likeness (QED) is 0.774. The maximum Gasteiger partial charge on any atom is 0.335 e. The molecule has 0 aliphatic carbocycles. The van der Waals surface area contributed by atoms with Gasteiger partial charge in [-0.3, -0.25) is 4.57 Å². The number of imidazole rings is 1. The lowest BCUT2D eigenvalue weighted by atomic mass is 10.1. The van der Waals surface area contributed by atoms with E-state index in [2.05, 4.69) is 9.55 Å². The second kappa shape index (κ2) is 4.49. The molecule has 3 aromatic rings. The van der Waals surface area contributed by atoms with Crippen molar-refractivity contribution in [3.8, 4) is 5.69 Å². The average molecular weight is 266 g/mol. The van der Waals surface area contributed by atoms with Gasteiger partial charge < -0.3 is 5.11 Å². The highest BCUT2D eigenvalue weighted by molar-refractivity contribution is 5.88. The van der Waals surface area contributed by atoms with Gasteiger partial charge >= 0.3 is 5.97 Å². The molecule has 1 N–H and O–H groups in total. The van der Waals surface area contributed by atoms with E-state index in [0.717, 1.165) is 28.1 Å². The molecule has 0 unspecified atom stereocenters. The third-order valence-electron chi connectivity index (χ3n) is 3.41. The van der Waals surface area contributed by atoms with E-state index >= 15 is 0 Å². The van der Waals surface area contributed by atoms with Gasteiger partial charge in [0.15, 0.2) is 0 Å². The average Bonchev–Trinajstić information content (AvgIpc) is 2.74. The summed E-state index contributed by atoms with van der Waals surface area (Å²) in [5.41, 5.74) is 4.13. The van der Waals surface area contributed by atoms with Crippen molar-refractivity contribution in [1.29, 1.82) is 0 Å². The van der Waals surface area contributed by atoms with Crippen LogP contribution < -0.4 is 0 Å². The Hall–Kier alpha value is -2.62. The molecule has 0 atom stereocenters. The van der Waals surface area contributed by atoms with E-state index in [-0.39, 0.29) is 0 Å². The molecule has 4 nitrogen and oxygen atoms in total. The molecule has 0 aliphatic heterocycles. The number of hydrogen-bond acceptors (Lipinski definition) is 2. The Bertz CT molecular complexity index is 818. The van der Waals surface area contributed by atoms with Crippen LogP contribution in [0.1, 0.15) is 21.7 Å². The topological polar surface area (TPSA) is 55.1 Å². The number of aromatic nitrogens is 2. The maximum atomic E-state index is 11.0. The van der Waals surface area contributed by atoms with E-state index in [4.69, 9.17) is 5.11 Å². The zero-order valence-electron chi connectivity index (χ0n) is 11.3. The van der Waals surface area contributed by atoms with Crippen molar-refractivity contribution in [2.75, 3.05) is 0 Å². The van der Waals surface area contributed by atoms with Crippen LogP contribution >= 0.6 is 0 Å². The molecular formula is C16H14N2O2. The number of carboxylic acid groups (broad SMARTS) is 1. The van der Waals surface area contributed by atoms with Gasteiger partial charge in [-0.1, -0.05) is 12.1 Å². The van der Waals surface area contributed by atoms with Crippen molar-refractivity contribution in [2.24, 2.45) is 0 Å². The third kappa shape index (κ3) is 1.86. The van der Waals surface area contributed by atoms with Gasteiger partial charge in [0.2, 0.25) is 0 Å². The number of fused-ring (bicyclic) bond motifs is 1. The first-order chi connectivity index (χ1) is 9.58. The predicted octanol–water partition coefficient (Wildman–Crippen LogP) is 3.34. The third-order valence-corrected chi connectivity index (χ3v) is 3.41. The standard InChI is InChI=1S/C16H14N2O2/c1-10-9-12(16(19)20)7-8-14(10)18-11(2)17-13-5-3-4-6-15(13)18/h3-9H,1-2H3,(H,19,20). The second-order valence-corrected chi connectivity index (χ2v) is 4.79. The van der Waals surface area contributed by atoms with Crippen LogP contribution in [0.15, 0.2) is 42.5 Å². The Labute approximate surface area is 116 Å². The number of para-hydroxylation sites is 2. The number of nitrogens with zero attached hydrogens (tertiary/aromatic N) is 2. The number of benzene rings is 2. The zero-order valence-corrected chi connectivity index (χ0v) is 11.3. The number of aryl methyl sites for hydroxylation is 2. The predicted molar refractivity (Wildman–Crippen MR) is 77.5 cm³/mol. The Kier molecular flexibility index (Phi) is 2.79. The highest BCUT2D eigenvalue weighted by Gasteiger charge is 2.12. The SMILES string of the molecule is Cc1cc(C(=O)O)ccc1-n1c(C)nc2ccccc21. The summed E-state index contributed by atoms with van der Waals surface area (Å²) in [6.07, 6.45) is 0. The molecule has 0 saturated carbocycles. The van der Waals surface area contributed by atoms with Crippen molar-refractivity contribution in [2.45, 2.75) is 13.8 Å². The molecule has 0 amide bonds. The van der Waals surface area contributed by atoms with Gasteiger partial charge in [-0.25, -0.2) is 9.78 Å². The molecule has 1 heterocycles. The summed E-state index contributed by atoms with van der Waals surface area (Å²) in [6.45, 7) is 3.86. The highest BCUT2D eigenvalue weighted by Crippen LogP contribution is 2.24. The van der Waals surface area contributed by atoms with E-state index in [9.17, 15) is 4.79 Å². The summed E-state index contributed by atoms with van der Waals surface area (Å²) in [5.74, 6) is -0.0239. The number of hydrogen-bond donors (Lipinski definition) is 1. The summed E-state index contributed by atoms with van der Waals surface area (Å²) in [5, 5.41) is 9.04. The fourth-order valence-electron chi connectivity index (χ4n) is 2.49. The minimum absolute atomic E-state index is 0.299. The van der Waals surface area contributed by atoms with Gasteiger partial charge in [0.25, 0.3) is 0 Å². The Morgan fingerprint density at radius 3 is 2.60 bits per heavy atom. The van der Waals surface area contributed by atoms with Crippen LogP contribution in [0.5, 0.6) is 0 Å². The van der Waals surface area contributed by atoms with Gasteiger partial charge in [-0.05, 0) is 49.7 Å². The van der Waals surface area contributed by atoms with Crippen LogP contribution in [-0.4, -0.2) is 20.6 Å². The fourth-order valence-corrected chi connectivity index (χ4v) is 2.49. The molecule has 2 aromatic carbocycles. The molecular weight excluding hydrogens is 252 g/mol. The lowest BCUT2D eigenvalue weighted by molar-refractivity contribution is 0.0697. The molecule has 0 fully saturated rings. The van der Waals surface area contributed by atoms with Crippen molar-refractivity contribution >= 4 is 17.0 Å². The number of carboxylic acids is 1. The maximum absolute atomic E-state index is 11.0. The Morgan fingerprint density at radius 1 is 1.15 bits per heavy atom. The Balaban J connectivity index is 2.26. The van der Waals surface area contributed by atoms with Crippen molar-refractivity contribution in [3.05, 3.63) is 59.4 Å². The first-order valence-electron chi connectivity index (χ1n) is 6.36. The lowest BCUT2D eigenvalue weighted by Crippen LogP contribution is -2.02. The summed E-state index contributed by atoms with van der Waals surface area (Å²) in [7, 11) is 0. The zero-order chi connectivity index (χ0) is 14.3. The molecule has 4 heteroatoms. The molecule has 0 spiro atoms. The number of aromatic carboxylic acids is 1. The fraction of sp³-hybridized carbons (Fsp3) is 0.125. The minimum atomic E-state index is -0.910. The van der Waals surface area contributed by atoms with Gasteiger partial charge in [0.05, 0.1) is 22.3 Å². The largest absolute Gasteiger partial charge is 0.478 e. The van der Waals surface area contributed by atoms with Crippen LogP contribution in [0.25, 0.3) is 16.7 Å². The smallest absolute Gasteiger partial charge is 0.335 e. The van der Waals surface area contributed by atoms with Gasteiger partial charge in [0.1, 0.15) is 5.82 Å². The van der Waals surface area contributed by atoms with Crippen molar-refractivity contribution in [3.63, 3.8) is 0 Å². The molecule has 0 radical (unpaired) electrons. The highest BCUT2D eigenvalue weighted by atomic mass is 16.4. The minimum Gasteiger partial charge on any atom is -0.478 e. The first kappa shape index (κ1) is 12.4. The lowest BCUT2D eigenvalue weighted by Gasteiger charge is -2.11. The molecule has 100 valence electrons. The Morgan fingerprint density at radius 2 is 1.90 bits per heavy atom. The molecule has 0 aliphatic rings. The summed E-state index contributed by atoms with van der Waals surface area (Å²) in [4.78, 5) is 15.5. The molecule has 3 rings (SSSR count). The molecule has 0 bridgehead atoms. The van der Waals surface area contributed by atoms with Crippen LogP contribution in [0, 0.1) is 13.8 Å². The molecule has 0 saturated heterocycles. The molecule has 20 heavy (non-hydrogen) atoms. The summed E-state index contributed by atoms with van der Waals surface area (Å²) >= 11 is 0. The van der Waals surface area contributed by atoms with Crippen LogP contribution in [0.2, 0.25) is 0 Å². The normalized spacial score (nSPS) is 10.9. The van der Waals surface area contributed by atoms with Crippen LogP contribution in [-0.2, 0) is 0 Å². The van der Waals surface area contributed by atoms with E-state index in [0.29, 0.717) is 5.56 Å². The number of carbonyl (C=O) groups is 1. The van der Waals surface area contributed by atoms with Crippen LogP contribution in [0.4, 0.5) is 0 Å². The second-order valence-electron chi connectivity index (χ2n) is 4.79. The van der Waals surface area contributed by atoms with Crippen molar-refractivity contribution in [1.82, 2.24) is 9.55 Å². The van der Waals surface area contributed by atoms with E-state index < -0.39 is 5.97 Å². The molecule has 1 aromatic heterocycles. The van der Waals surface area contributed by atoms with Gasteiger partial charge in [0, 0.05) is 0 Å². The first-order valence-corrected chi connectivity index (χ1v) is 6.36. The summed E-state index contributed by atoms with van der Waals surface area (Å²) in [6, 6.07) is 13.1. The van der Waals surface area contributed by atoms with E-state index in [1.165, 1.54) is 0 Å². The van der Waals surface area contributed by atoms with Crippen LogP contribution in [0.3, 0.4) is 0 Å². The van der Waals surface area contributed by atoms with E-state index in [1.807, 2.05) is 44.2 Å². The summed E-state index contributed by atoms with van der Waals surface area (Å²) < 4.78 is 2.05. The monoisotopic (exact) mass is 266 g/mol. The van der Waals surface area contributed by atoms with Crippen molar-refractivity contribution < 1.29 is 9.90 Å². The van der Waals surface area contributed by atoms with Gasteiger partial charge in [-0.2, -0.15) is 0 Å². The van der Waals surface area contributed by atoms with E-state index in [1.54, 1.807) is 12.1 Å². The number of rotatable bonds is 2. The van der Waals surface area contributed by atoms with Gasteiger partial charge in [-0.15, -0.1) is 0 Å².